The van der Waals surface area contributed by atoms with E-state index in [1.807, 2.05) is 0 Å². The number of hydrogen-bond donors (Lipinski definition) is 0. The van der Waals surface area contributed by atoms with Gasteiger partial charge >= 0.3 is 0 Å². The Morgan fingerprint density at radius 3 is 2.94 bits per heavy atom. The maximum Gasteiger partial charge on any atom is 0.0926 e. The molecule has 0 spiro atoms. The molecule has 1 aromatic carbocycles. The van der Waals surface area contributed by atoms with Crippen molar-refractivity contribution in [1.82, 2.24) is 9.55 Å². The highest BCUT2D eigenvalue weighted by atomic mass is 32.1. The Kier molecular flexibility index (Phi) is 2.92. The van der Waals surface area contributed by atoms with Gasteiger partial charge in [-0.25, -0.2) is 4.98 Å². The van der Waals surface area contributed by atoms with E-state index in [4.69, 9.17) is 0 Å². The number of aryl methyl sites for hydroxylation is 2. The highest BCUT2D eigenvalue weighted by molar-refractivity contribution is 7.09. The number of fused-ring (bicyclic) bond motifs is 1. The summed E-state index contributed by atoms with van der Waals surface area (Å²) >= 11 is 1.76. The molecule has 92 valence electrons. The summed E-state index contributed by atoms with van der Waals surface area (Å²) in [5, 5.41) is 4.72. The van der Waals surface area contributed by atoms with Gasteiger partial charge in [0.05, 0.1) is 17.2 Å². The van der Waals surface area contributed by atoms with E-state index in [1.165, 1.54) is 21.5 Å². The number of aromatic nitrogens is 2. The molecule has 18 heavy (non-hydrogen) atoms. The second-order valence-electron chi connectivity index (χ2n) is 4.54. The summed E-state index contributed by atoms with van der Waals surface area (Å²) in [5.41, 5.74) is 3.79. The average molecular weight is 256 g/mol. The molecule has 0 amide bonds. The summed E-state index contributed by atoms with van der Waals surface area (Å²) in [6.45, 7) is 5.17. The van der Waals surface area contributed by atoms with E-state index in [2.05, 4.69) is 59.2 Å². The Hall–Kier alpha value is -1.61. The molecule has 0 fully saturated rings. The lowest BCUT2D eigenvalue weighted by Gasteiger charge is -2.03. The summed E-state index contributed by atoms with van der Waals surface area (Å²) in [5.74, 6) is 0. The van der Waals surface area contributed by atoms with Crippen LogP contribution in [-0.2, 0) is 13.0 Å². The molecule has 0 saturated carbocycles. The number of nitrogens with zero attached hydrogens (tertiary/aromatic N) is 2. The zero-order valence-electron chi connectivity index (χ0n) is 10.7. The van der Waals surface area contributed by atoms with Crippen LogP contribution in [0.5, 0.6) is 0 Å². The van der Waals surface area contributed by atoms with E-state index in [0.29, 0.717) is 0 Å². The van der Waals surface area contributed by atoms with E-state index in [0.717, 1.165) is 18.7 Å². The minimum atomic E-state index is 0.865. The van der Waals surface area contributed by atoms with Crippen molar-refractivity contribution in [1.29, 1.82) is 0 Å². The van der Waals surface area contributed by atoms with Crippen LogP contribution in [0.4, 0.5) is 0 Å². The molecule has 2 nitrogen and oxygen atoms in total. The van der Waals surface area contributed by atoms with Gasteiger partial charge in [0, 0.05) is 22.5 Å². The zero-order chi connectivity index (χ0) is 12.5. The standard InChI is InChI=1S/C15H16N2S/c1-3-15-16-12(10-18-15)9-17-8-7-13-11(2)5-4-6-14(13)17/h4-8,10H,3,9H2,1-2H3. The van der Waals surface area contributed by atoms with Crippen molar-refractivity contribution in [2.45, 2.75) is 26.8 Å². The summed E-state index contributed by atoms with van der Waals surface area (Å²) < 4.78 is 2.27. The summed E-state index contributed by atoms with van der Waals surface area (Å²) in [7, 11) is 0. The summed E-state index contributed by atoms with van der Waals surface area (Å²) in [6.07, 6.45) is 3.18. The first-order chi connectivity index (χ1) is 8.78. The topological polar surface area (TPSA) is 17.8 Å². The van der Waals surface area contributed by atoms with Crippen LogP contribution < -0.4 is 0 Å². The van der Waals surface area contributed by atoms with Crippen molar-refractivity contribution in [3.05, 3.63) is 52.1 Å². The quantitative estimate of drug-likeness (QED) is 0.692. The largest absolute Gasteiger partial charge is 0.341 e. The fourth-order valence-corrected chi connectivity index (χ4v) is 3.01. The molecule has 0 aliphatic heterocycles. The minimum Gasteiger partial charge on any atom is -0.341 e. The summed E-state index contributed by atoms with van der Waals surface area (Å²) in [4.78, 5) is 4.63. The molecular weight excluding hydrogens is 240 g/mol. The first-order valence-electron chi connectivity index (χ1n) is 6.25. The van der Waals surface area contributed by atoms with Crippen molar-refractivity contribution >= 4 is 22.2 Å². The predicted molar refractivity (Wildman–Crippen MR) is 77.3 cm³/mol. The molecule has 3 heteroatoms. The van der Waals surface area contributed by atoms with Gasteiger partial charge in [-0.1, -0.05) is 19.1 Å². The minimum absolute atomic E-state index is 0.865. The van der Waals surface area contributed by atoms with Crippen LogP contribution in [0.1, 0.15) is 23.2 Å². The monoisotopic (exact) mass is 256 g/mol. The van der Waals surface area contributed by atoms with Crippen molar-refractivity contribution < 1.29 is 0 Å². The van der Waals surface area contributed by atoms with Gasteiger partial charge < -0.3 is 4.57 Å². The SMILES string of the molecule is CCc1nc(Cn2ccc3c(C)cccc32)cs1. The molecule has 0 radical (unpaired) electrons. The summed E-state index contributed by atoms with van der Waals surface area (Å²) in [6, 6.07) is 8.64. The van der Waals surface area contributed by atoms with Crippen molar-refractivity contribution in [2.75, 3.05) is 0 Å². The lowest BCUT2D eigenvalue weighted by atomic mass is 10.1. The Morgan fingerprint density at radius 1 is 1.28 bits per heavy atom. The van der Waals surface area contributed by atoms with E-state index < -0.39 is 0 Å². The molecular formula is C15H16N2S. The van der Waals surface area contributed by atoms with Crippen LogP contribution in [0, 0.1) is 6.92 Å². The number of benzene rings is 1. The molecule has 3 aromatic rings. The van der Waals surface area contributed by atoms with Gasteiger partial charge in [-0.2, -0.15) is 0 Å². The third-order valence-corrected chi connectivity index (χ3v) is 4.31. The number of hydrogen-bond acceptors (Lipinski definition) is 2. The van der Waals surface area contributed by atoms with Crippen molar-refractivity contribution in [2.24, 2.45) is 0 Å². The van der Waals surface area contributed by atoms with Gasteiger partial charge in [-0.05, 0) is 31.0 Å². The predicted octanol–water partition coefficient (Wildman–Crippen LogP) is 4.02. The number of thiazole rings is 1. The van der Waals surface area contributed by atoms with E-state index >= 15 is 0 Å². The van der Waals surface area contributed by atoms with Crippen LogP contribution in [0.3, 0.4) is 0 Å². The molecule has 0 unspecified atom stereocenters. The molecule has 0 saturated heterocycles. The van der Waals surface area contributed by atoms with E-state index in [-0.39, 0.29) is 0 Å². The Bertz CT molecular complexity index is 679. The van der Waals surface area contributed by atoms with Gasteiger partial charge in [-0.15, -0.1) is 11.3 Å². The first-order valence-corrected chi connectivity index (χ1v) is 7.13. The van der Waals surface area contributed by atoms with Crippen LogP contribution >= 0.6 is 11.3 Å². The number of rotatable bonds is 3. The molecule has 2 heterocycles. The van der Waals surface area contributed by atoms with Crippen molar-refractivity contribution in [3.63, 3.8) is 0 Å². The molecule has 0 atom stereocenters. The second kappa shape index (κ2) is 4.58. The maximum absolute atomic E-state index is 4.63. The normalized spacial score (nSPS) is 11.2. The first kappa shape index (κ1) is 11.5. The van der Waals surface area contributed by atoms with E-state index in [1.54, 1.807) is 11.3 Å². The lowest BCUT2D eigenvalue weighted by Crippen LogP contribution is -1.98. The molecule has 3 rings (SSSR count). The van der Waals surface area contributed by atoms with Gasteiger partial charge in [0.15, 0.2) is 0 Å². The van der Waals surface area contributed by atoms with Gasteiger partial charge in [0.1, 0.15) is 0 Å². The fourth-order valence-electron chi connectivity index (χ4n) is 2.27. The Balaban J connectivity index is 1.97. The van der Waals surface area contributed by atoms with Crippen LogP contribution in [0.15, 0.2) is 35.8 Å². The molecule has 0 N–H and O–H groups in total. The molecule has 0 bridgehead atoms. The van der Waals surface area contributed by atoms with Gasteiger partial charge in [0.2, 0.25) is 0 Å². The Labute approximate surface area is 111 Å². The highest BCUT2D eigenvalue weighted by Crippen LogP contribution is 2.21. The van der Waals surface area contributed by atoms with Crippen molar-refractivity contribution in [3.8, 4) is 0 Å². The van der Waals surface area contributed by atoms with Crippen LogP contribution in [0.25, 0.3) is 10.9 Å². The second-order valence-corrected chi connectivity index (χ2v) is 5.48. The molecule has 2 aromatic heterocycles. The van der Waals surface area contributed by atoms with E-state index in [9.17, 15) is 0 Å². The average Bonchev–Trinajstić information content (AvgIpc) is 2.98. The van der Waals surface area contributed by atoms with Gasteiger partial charge in [-0.3, -0.25) is 0 Å². The molecule has 0 aliphatic rings. The smallest absolute Gasteiger partial charge is 0.0926 e. The van der Waals surface area contributed by atoms with Gasteiger partial charge in [0.25, 0.3) is 0 Å². The lowest BCUT2D eigenvalue weighted by molar-refractivity contribution is 0.808. The Morgan fingerprint density at radius 2 is 2.17 bits per heavy atom. The zero-order valence-corrected chi connectivity index (χ0v) is 11.5. The van der Waals surface area contributed by atoms with Crippen LogP contribution in [0.2, 0.25) is 0 Å². The fraction of sp³-hybridized carbons (Fsp3) is 0.267. The molecule has 0 aliphatic carbocycles. The maximum atomic E-state index is 4.63. The highest BCUT2D eigenvalue weighted by Gasteiger charge is 2.05. The van der Waals surface area contributed by atoms with Crippen LogP contribution in [-0.4, -0.2) is 9.55 Å². The third kappa shape index (κ3) is 1.95. The third-order valence-electron chi connectivity index (χ3n) is 3.27.